The number of amides is 2. The maximum Gasteiger partial charge on any atom is 0.260 e. The van der Waals surface area contributed by atoms with Gasteiger partial charge in [0, 0.05) is 16.7 Å². The van der Waals surface area contributed by atoms with Crippen LogP contribution in [0.1, 0.15) is 49.1 Å². The highest BCUT2D eigenvalue weighted by Gasteiger charge is 2.41. The Bertz CT molecular complexity index is 1260. The van der Waals surface area contributed by atoms with Crippen LogP contribution in [0.25, 0.3) is 11.6 Å². The highest BCUT2D eigenvalue weighted by atomic mass is 16.2. The quantitative estimate of drug-likeness (QED) is 0.580. The first-order valence-electron chi connectivity index (χ1n) is 10.8. The van der Waals surface area contributed by atoms with Gasteiger partial charge in [-0.3, -0.25) is 14.5 Å². The third-order valence-corrected chi connectivity index (χ3v) is 5.37. The summed E-state index contributed by atoms with van der Waals surface area (Å²) >= 11 is 0. The molecule has 1 atom stereocenters. The second-order valence-corrected chi connectivity index (χ2v) is 9.04. The summed E-state index contributed by atoms with van der Waals surface area (Å²) in [7, 11) is 0. The van der Waals surface area contributed by atoms with Crippen molar-refractivity contribution in [3.8, 4) is 6.07 Å². The number of anilines is 1. The highest BCUT2D eigenvalue weighted by Crippen LogP contribution is 2.42. The van der Waals surface area contributed by atoms with Crippen LogP contribution in [0.15, 0.2) is 78.9 Å². The Morgan fingerprint density at radius 2 is 1.61 bits per heavy atom. The fourth-order valence-electron chi connectivity index (χ4n) is 3.97. The van der Waals surface area contributed by atoms with E-state index in [1.807, 2.05) is 81.4 Å². The van der Waals surface area contributed by atoms with Gasteiger partial charge >= 0.3 is 0 Å². The lowest BCUT2D eigenvalue weighted by Crippen LogP contribution is -2.48. The van der Waals surface area contributed by atoms with E-state index >= 15 is 0 Å². The second kappa shape index (κ2) is 8.76. The summed E-state index contributed by atoms with van der Waals surface area (Å²) < 4.78 is 0. The van der Waals surface area contributed by atoms with E-state index in [-0.39, 0.29) is 11.8 Å². The van der Waals surface area contributed by atoms with E-state index in [0.717, 1.165) is 11.1 Å². The van der Waals surface area contributed by atoms with Gasteiger partial charge in [-0.25, -0.2) is 0 Å². The molecule has 0 bridgehead atoms. The van der Waals surface area contributed by atoms with Crippen molar-refractivity contribution in [1.29, 1.82) is 5.26 Å². The molecule has 1 aliphatic rings. The molecule has 4 rings (SSSR count). The van der Waals surface area contributed by atoms with Crippen LogP contribution in [0.2, 0.25) is 0 Å². The smallest absolute Gasteiger partial charge is 0.260 e. The van der Waals surface area contributed by atoms with Crippen molar-refractivity contribution in [2.45, 2.75) is 32.4 Å². The molecule has 1 unspecified atom stereocenters. The number of carbonyl (C=O) groups is 2. The second-order valence-electron chi connectivity index (χ2n) is 9.04. The van der Waals surface area contributed by atoms with Gasteiger partial charge in [0.15, 0.2) is 0 Å². The number of benzene rings is 3. The molecular weight excluding hydrogens is 410 g/mol. The molecule has 5 heteroatoms. The predicted molar refractivity (Wildman–Crippen MR) is 130 cm³/mol. The summed E-state index contributed by atoms with van der Waals surface area (Å²) in [6.45, 7) is 5.71. The number of rotatable bonds is 4. The van der Waals surface area contributed by atoms with E-state index in [2.05, 4.69) is 11.4 Å². The third kappa shape index (κ3) is 4.56. The molecule has 164 valence electrons. The summed E-state index contributed by atoms with van der Waals surface area (Å²) in [5.41, 5.74) is 3.57. The Labute approximate surface area is 194 Å². The Balaban J connectivity index is 1.85. The Hall–Kier alpha value is -4.17. The molecule has 0 spiro atoms. The molecule has 0 aliphatic carbocycles. The number of para-hydroxylation sites is 1. The fraction of sp³-hybridized carbons (Fsp3) is 0.179. The summed E-state index contributed by atoms with van der Waals surface area (Å²) in [6.07, 6.45) is 1.86. The minimum atomic E-state index is -0.882. The Morgan fingerprint density at radius 1 is 0.970 bits per heavy atom. The minimum absolute atomic E-state index is 0.238. The van der Waals surface area contributed by atoms with Crippen molar-refractivity contribution >= 4 is 29.2 Å². The molecule has 3 aromatic rings. The van der Waals surface area contributed by atoms with Crippen LogP contribution in [0.4, 0.5) is 5.69 Å². The van der Waals surface area contributed by atoms with Gasteiger partial charge < -0.3 is 5.32 Å². The largest absolute Gasteiger partial charge is 0.349 e. The van der Waals surface area contributed by atoms with Crippen LogP contribution in [-0.4, -0.2) is 17.4 Å². The maximum atomic E-state index is 13.8. The molecule has 1 aliphatic heterocycles. The normalized spacial score (nSPS) is 15.2. The van der Waals surface area contributed by atoms with E-state index < -0.39 is 11.6 Å². The molecule has 0 radical (unpaired) electrons. The monoisotopic (exact) mass is 435 g/mol. The summed E-state index contributed by atoms with van der Waals surface area (Å²) in [6, 6.07) is 25.2. The molecule has 2 amide bonds. The standard InChI is InChI=1S/C28H25N3O2/c1-28(2,3)30-26(32)25(21-15-13-20(18-29)14-16-21)31-24-12-8-7-11-22(24)23(27(31)33)17-19-9-5-4-6-10-19/h4-17,25H,1-3H3,(H,30,32)/b23-17-. The van der Waals surface area contributed by atoms with Crippen molar-refractivity contribution < 1.29 is 9.59 Å². The lowest BCUT2D eigenvalue weighted by molar-refractivity contribution is -0.126. The van der Waals surface area contributed by atoms with Crippen molar-refractivity contribution in [2.75, 3.05) is 4.90 Å². The Morgan fingerprint density at radius 3 is 2.24 bits per heavy atom. The predicted octanol–water partition coefficient (Wildman–Crippen LogP) is 5.10. The molecule has 0 fully saturated rings. The van der Waals surface area contributed by atoms with Gasteiger partial charge in [-0.1, -0.05) is 60.7 Å². The minimum Gasteiger partial charge on any atom is -0.349 e. The Kier molecular flexibility index (Phi) is 5.85. The molecule has 1 heterocycles. The van der Waals surface area contributed by atoms with Gasteiger partial charge in [0.2, 0.25) is 5.91 Å². The summed E-state index contributed by atoms with van der Waals surface area (Å²) in [5, 5.41) is 12.2. The number of hydrogen-bond donors (Lipinski definition) is 1. The molecule has 3 aromatic carbocycles. The fourth-order valence-corrected chi connectivity index (χ4v) is 3.97. The zero-order valence-electron chi connectivity index (χ0n) is 18.9. The lowest BCUT2D eigenvalue weighted by Gasteiger charge is -2.31. The number of nitrogens with one attached hydrogen (secondary N) is 1. The van der Waals surface area contributed by atoms with Crippen molar-refractivity contribution in [1.82, 2.24) is 5.32 Å². The van der Waals surface area contributed by atoms with Crippen LogP contribution in [0.3, 0.4) is 0 Å². The van der Waals surface area contributed by atoms with Gasteiger partial charge in [-0.2, -0.15) is 5.26 Å². The first-order valence-corrected chi connectivity index (χ1v) is 10.8. The number of nitrogens with zero attached hydrogens (tertiary/aromatic N) is 2. The van der Waals surface area contributed by atoms with Gasteiger partial charge in [0.25, 0.3) is 5.91 Å². The van der Waals surface area contributed by atoms with Crippen LogP contribution < -0.4 is 10.2 Å². The van der Waals surface area contributed by atoms with Gasteiger partial charge in [-0.05, 0) is 56.2 Å². The molecule has 0 aromatic heterocycles. The van der Waals surface area contributed by atoms with E-state index in [4.69, 9.17) is 0 Å². The number of carbonyl (C=O) groups excluding carboxylic acids is 2. The van der Waals surface area contributed by atoms with Crippen molar-refractivity contribution in [3.63, 3.8) is 0 Å². The average molecular weight is 436 g/mol. The zero-order chi connectivity index (χ0) is 23.6. The number of nitriles is 1. The zero-order valence-corrected chi connectivity index (χ0v) is 18.9. The number of hydrogen-bond acceptors (Lipinski definition) is 3. The first kappa shape index (κ1) is 22.0. The molecular formula is C28H25N3O2. The summed E-state index contributed by atoms with van der Waals surface area (Å²) in [5.74, 6) is -0.519. The van der Waals surface area contributed by atoms with Crippen molar-refractivity contribution in [2.24, 2.45) is 0 Å². The third-order valence-electron chi connectivity index (χ3n) is 5.37. The van der Waals surface area contributed by atoms with E-state index in [9.17, 15) is 14.9 Å². The van der Waals surface area contributed by atoms with Crippen LogP contribution in [-0.2, 0) is 9.59 Å². The average Bonchev–Trinajstić information content (AvgIpc) is 3.06. The van der Waals surface area contributed by atoms with Crippen LogP contribution in [0.5, 0.6) is 0 Å². The van der Waals surface area contributed by atoms with Crippen molar-refractivity contribution in [3.05, 3.63) is 101 Å². The topological polar surface area (TPSA) is 73.2 Å². The first-order chi connectivity index (χ1) is 15.8. The lowest BCUT2D eigenvalue weighted by atomic mass is 10.0. The summed E-state index contributed by atoms with van der Waals surface area (Å²) in [4.78, 5) is 28.9. The molecule has 0 saturated heterocycles. The van der Waals surface area contributed by atoms with Crippen LogP contribution in [0, 0.1) is 11.3 Å². The number of fused-ring (bicyclic) bond motifs is 1. The maximum absolute atomic E-state index is 13.8. The SMILES string of the molecule is CC(C)(C)NC(=O)C(c1ccc(C#N)cc1)N1C(=O)/C(=C\c2ccccc2)c2ccccc21. The molecule has 1 N–H and O–H groups in total. The molecule has 0 saturated carbocycles. The van der Waals surface area contributed by atoms with E-state index in [1.165, 1.54) is 0 Å². The van der Waals surface area contributed by atoms with E-state index in [1.54, 1.807) is 29.2 Å². The van der Waals surface area contributed by atoms with Gasteiger partial charge in [0.05, 0.1) is 17.3 Å². The van der Waals surface area contributed by atoms with E-state index in [0.29, 0.717) is 22.4 Å². The highest BCUT2D eigenvalue weighted by molar-refractivity contribution is 6.36. The van der Waals surface area contributed by atoms with Crippen LogP contribution >= 0.6 is 0 Å². The van der Waals surface area contributed by atoms with Gasteiger partial charge in [0.1, 0.15) is 6.04 Å². The van der Waals surface area contributed by atoms with Gasteiger partial charge in [-0.15, -0.1) is 0 Å². The molecule has 5 nitrogen and oxygen atoms in total. The molecule has 33 heavy (non-hydrogen) atoms.